The lowest BCUT2D eigenvalue weighted by Crippen LogP contribution is -2.60. The second-order valence-electron chi connectivity index (χ2n) is 6.70. The van der Waals surface area contributed by atoms with Crippen molar-refractivity contribution in [2.45, 2.75) is 77.3 Å². The lowest BCUT2D eigenvalue weighted by Gasteiger charge is -2.49. The first-order valence-electron chi connectivity index (χ1n) is 5.60. The number of likely N-dealkylation sites (tertiary alicyclic amines) is 1. The van der Waals surface area contributed by atoms with E-state index in [1.54, 1.807) is 0 Å². The number of hydrogen-bond donors (Lipinski definition) is 2. The van der Waals surface area contributed by atoms with Crippen LogP contribution in [0, 0.1) is 0 Å². The second kappa shape index (κ2) is 3.19. The molecule has 0 spiro atoms. The summed E-state index contributed by atoms with van der Waals surface area (Å²) in [6.45, 7) is 14.3. The SMILES string of the molecule is CC(C)(C)N1C(C)(C)C(O)C(O)C1(C)C. The van der Waals surface area contributed by atoms with Crippen molar-refractivity contribution in [3.8, 4) is 0 Å². The highest BCUT2D eigenvalue weighted by Crippen LogP contribution is 2.45. The maximum atomic E-state index is 10.1. The average Bonchev–Trinajstić information content (AvgIpc) is 2.06. The first kappa shape index (κ1) is 12.9. The molecule has 1 aliphatic heterocycles. The fraction of sp³-hybridized carbons (Fsp3) is 1.00. The van der Waals surface area contributed by atoms with E-state index in [4.69, 9.17) is 0 Å². The van der Waals surface area contributed by atoms with Gasteiger partial charge in [0.1, 0.15) is 0 Å². The quantitative estimate of drug-likeness (QED) is 0.641. The van der Waals surface area contributed by atoms with Crippen molar-refractivity contribution in [1.82, 2.24) is 4.90 Å². The molecular weight excluding hydrogens is 190 g/mol. The largest absolute Gasteiger partial charge is 0.388 e. The molecule has 0 saturated carbocycles. The summed E-state index contributed by atoms with van der Waals surface area (Å²) in [6.07, 6.45) is -1.40. The van der Waals surface area contributed by atoms with Crippen molar-refractivity contribution in [2.75, 3.05) is 0 Å². The van der Waals surface area contributed by atoms with Crippen LogP contribution in [0.4, 0.5) is 0 Å². The standard InChI is InChI=1S/C12H25NO2/c1-10(2,3)13-11(4,5)8(14)9(15)12(13,6)7/h8-9,14-15H,1-7H3. The number of nitrogens with zero attached hydrogens (tertiary/aromatic N) is 1. The van der Waals surface area contributed by atoms with Crippen molar-refractivity contribution in [3.05, 3.63) is 0 Å². The molecule has 2 N–H and O–H groups in total. The average molecular weight is 215 g/mol. The van der Waals surface area contributed by atoms with Gasteiger partial charge in [-0.1, -0.05) is 0 Å². The summed E-state index contributed by atoms with van der Waals surface area (Å²) in [7, 11) is 0. The van der Waals surface area contributed by atoms with Gasteiger partial charge in [-0.2, -0.15) is 0 Å². The van der Waals surface area contributed by atoms with Gasteiger partial charge >= 0.3 is 0 Å². The van der Waals surface area contributed by atoms with E-state index in [0.29, 0.717) is 0 Å². The van der Waals surface area contributed by atoms with E-state index in [9.17, 15) is 10.2 Å². The van der Waals surface area contributed by atoms with Gasteiger partial charge in [-0.3, -0.25) is 4.90 Å². The van der Waals surface area contributed by atoms with E-state index >= 15 is 0 Å². The van der Waals surface area contributed by atoms with Crippen LogP contribution in [0.2, 0.25) is 0 Å². The fourth-order valence-corrected chi connectivity index (χ4v) is 3.51. The molecule has 1 fully saturated rings. The van der Waals surface area contributed by atoms with Crippen molar-refractivity contribution in [2.24, 2.45) is 0 Å². The number of aliphatic hydroxyl groups is 2. The van der Waals surface area contributed by atoms with Crippen LogP contribution in [0.1, 0.15) is 48.5 Å². The zero-order valence-electron chi connectivity index (χ0n) is 11.0. The van der Waals surface area contributed by atoms with Crippen LogP contribution >= 0.6 is 0 Å². The number of aliphatic hydroxyl groups excluding tert-OH is 2. The Morgan fingerprint density at radius 3 is 1.27 bits per heavy atom. The Morgan fingerprint density at radius 2 is 1.13 bits per heavy atom. The Morgan fingerprint density at radius 1 is 0.867 bits per heavy atom. The molecule has 1 rings (SSSR count). The van der Waals surface area contributed by atoms with E-state index in [1.165, 1.54) is 0 Å². The Kier molecular flexibility index (Phi) is 2.75. The lowest BCUT2D eigenvalue weighted by molar-refractivity contribution is -0.0378. The summed E-state index contributed by atoms with van der Waals surface area (Å²) in [5, 5.41) is 20.2. The molecule has 2 atom stereocenters. The van der Waals surface area contributed by atoms with Gasteiger partial charge < -0.3 is 10.2 Å². The van der Waals surface area contributed by atoms with Crippen molar-refractivity contribution in [3.63, 3.8) is 0 Å². The van der Waals surface area contributed by atoms with Gasteiger partial charge in [-0.25, -0.2) is 0 Å². The highest BCUT2D eigenvalue weighted by molar-refractivity contribution is 5.15. The normalized spacial score (nSPS) is 35.8. The molecular formula is C12H25NO2. The van der Waals surface area contributed by atoms with Gasteiger partial charge in [0.05, 0.1) is 12.2 Å². The summed E-state index contributed by atoms with van der Waals surface area (Å²) in [5.41, 5.74) is -0.881. The minimum absolute atomic E-state index is 0.0779. The van der Waals surface area contributed by atoms with Crippen LogP contribution in [-0.2, 0) is 0 Å². The van der Waals surface area contributed by atoms with Crippen LogP contribution in [0.15, 0.2) is 0 Å². The van der Waals surface area contributed by atoms with Gasteiger partial charge in [0.15, 0.2) is 0 Å². The molecule has 3 nitrogen and oxygen atoms in total. The Labute approximate surface area is 93.1 Å². The van der Waals surface area contributed by atoms with E-state index in [1.807, 2.05) is 27.7 Å². The summed E-state index contributed by atoms with van der Waals surface area (Å²) in [4.78, 5) is 2.21. The monoisotopic (exact) mass is 215 g/mol. The zero-order chi connectivity index (χ0) is 12.2. The van der Waals surface area contributed by atoms with E-state index in [0.717, 1.165) is 0 Å². The molecule has 0 aromatic rings. The summed E-state index contributed by atoms with van der Waals surface area (Å²) >= 11 is 0. The minimum atomic E-state index is -0.702. The molecule has 1 aliphatic rings. The van der Waals surface area contributed by atoms with E-state index in [-0.39, 0.29) is 5.54 Å². The van der Waals surface area contributed by atoms with Gasteiger partial charge in [0.2, 0.25) is 0 Å². The van der Waals surface area contributed by atoms with Crippen molar-refractivity contribution in [1.29, 1.82) is 0 Å². The third-order valence-corrected chi connectivity index (χ3v) is 3.57. The molecule has 0 bridgehead atoms. The predicted octanol–water partition coefficient (Wildman–Crippen LogP) is 1.38. The van der Waals surface area contributed by atoms with Crippen molar-refractivity contribution < 1.29 is 10.2 Å². The van der Waals surface area contributed by atoms with Crippen molar-refractivity contribution >= 4 is 0 Å². The smallest absolute Gasteiger partial charge is 0.0995 e. The Balaban J connectivity index is 3.24. The molecule has 2 unspecified atom stereocenters. The van der Waals surface area contributed by atoms with Gasteiger partial charge in [0, 0.05) is 16.6 Å². The minimum Gasteiger partial charge on any atom is -0.388 e. The van der Waals surface area contributed by atoms with Gasteiger partial charge in [0.25, 0.3) is 0 Å². The predicted molar refractivity (Wildman–Crippen MR) is 61.8 cm³/mol. The molecule has 0 aliphatic carbocycles. The Bertz CT molecular complexity index is 233. The van der Waals surface area contributed by atoms with E-state index < -0.39 is 23.3 Å². The molecule has 3 heteroatoms. The lowest BCUT2D eigenvalue weighted by atomic mass is 9.93. The highest BCUT2D eigenvalue weighted by atomic mass is 16.3. The van der Waals surface area contributed by atoms with Crippen LogP contribution in [0.5, 0.6) is 0 Å². The van der Waals surface area contributed by atoms with Crippen LogP contribution in [0.3, 0.4) is 0 Å². The van der Waals surface area contributed by atoms with Crippen LogP contribution in [-0.4, -0.2) is 43.9 Å². The third kappa shape index (κ3) is 1.71. The molecule has 0 aromatic heterocycles. The topological polar surface area (TPSA) is 43.7 Å². The second-order valence-corrected chi connectivity index (χ2v) is 6.70. The Hall–Kier alpha value is -0.120. The number of rotatable bonds is 0. The van der Waals surface area contributed by atoms with Gasteiger partial charge in [-0.15, -0.1) is 0 Å². The van der Waals surface area contributed by atoms with Gasteiger partial charge in [-0.05, 0) is 48.5 Å². The van der Waals surface area contributed by atoms with Crippen LogP contribution in [0.25, 0.3) is 0 Å². The van der Waals surface area contributed by atoms with E-state index in [2.05, 4.69) is 25.7 Å². The molecule has 1 saturated heterocycles. The molecule has 90 valence electrons. The number of hydrogen-bond acceptors (Lipinski definition) is 3. The summed E-state index contributed by atoms with van der Waals surface area (Å²) in [6, 6.07) is 0. The zero-order valence-corrected chi connectivity index (χ0v) is 11.0. The first-order valence-corrected chi connectivity index (χ1v) is 5.60. The molecule has 0 radical (unpaired) electrons. The molecule has 0 aromatic carbocycles. The summed E-state index contributed by atoms with van der Waals surface area (Å²) < 4.78 is 0. The first-order chi connectivity index (χ1) is 6.43. The summed E-state index contributed by atoms with van der Waals surface area (Å²) in [5.74, 6) is 0. The molecule has 15 heavy (non-hydrogen) atoms. The molecule has 0 amide bonds. The highest BCUT2D eigenvalue weighted by Gasteiger charge is 2.60. The third-order valence-electron chi connectivity index (χ3n) is 3.57. The maximum Gasteiger partial charge on any atom is 0.0995 e. The fourth-order valence-electron chi connectivity index (χ4n) is 3.51. The molecule has 1 heterocycles. The maximum absolute atomic E-state index is 10.1. The van der Waals surface area contributed by atoms with Crippen LogP contribution < -0.4 is 0 Å².